The molecule has 1 fully saturated rings. The van der Waals surface area contributed by atoms with Crippen molar-refractivity contribution in [2.24, 2.45) is 18.4 Å². The van der Waals surface area contributed by atoms with Gasteiger partial charge < -0.3 is 10.1 Å². The lowest BCUT2D eigenvalue weighted by Crippen LogP contribution is -2.22. The third-order valence-corrected chi connectivity index (χ3v) is 3.98. The van der Waals surface area contributed by atoms with E-state index in [-0.39, 0.29) is 0 Å². The van der Waals surface area contributed by atoms with Crippen molar-refractivity contribution in [3.8, 4) is 0 Å². The number of nitrogens with zero attached hydrogens (tertiary/aromatic N) is 2. The number of nitrogens with one attached hydrogen (secondary N) is 1. The first kappa shape index (κ1) is 12.6. The molecule has 0 saturated heterocycles. The van der Waals surface area contributed by atoms with Crippen LogP contribution in [-0.2, 0) is 11.8 Å². The molecule has 4 heteroatoms. The van der Waals surface area contributed by atoms with Gasteiger partial charge in [0.25, 0.3) is 0 Å². The van der Waals surface area contributed by atoms with Gasteiger partial charge >= 0.3 is 0 Å². The van der Waals surface area contributed by atoms with E-state index < -0.39 is 0 Å². The molecule has 17 heavy (non-hydrogen) atoms. The van der Waals surface area contributed by atoms with E-state index in [0.717, 1.165) is 19.7 Å². The number of aromatic nitrogens is 2. The summed E-state index contributed by atoms with van der Waals surface area (Å²) in [7, 11) is 3.71. The van der Waals surface area contributed by atoms with Crippen molar-refractivity contribution >= 4 is 0 Å². The van der Waals surface area contributed by atoms with E-state index in [9.17, 15) is 0 Å². The second-order valence-electron chi connectivity index (χ2n) is 5.55. The van der Waals surface area contributed by atoms with Crippen LogP contribution in [0.1, 0.15) is 25.3 Å². The summed E-state index contributed by atoms with van der Waals surface area (Å²) in [6, 6.07) is 0. The van der Waals surface area contributed by atoms with Crippen molar-refractivity contribution in [3.63, 3.8) is 0 Å². The third-order valence-electron chi connectivity index (χ3n) is 3.98. The fourth-order valence-electron chi connectivity index (χ4n) is 2.82. The monoisotopic (exact) mass is 237 g/mol. The number of hydrogen-bond donors (Lipinski definition) is 1. The molecule has 1 aliphatic rings. The lowest BCUT2D eigenvalue weighted by atomic mass is 10.1. The molecule has 1 saturated carbocycles. The van der Waals surface area contributed by atoms with Crippen molar-refractivity contribution in [2.45, 2.75) is 19.8 Å². The molecule has 0 amide bonds. The highest BCUT2D eigenvalue weighted by Crippen LogP contribution is 2.63. The summed E-state index contributed by atoms with van der Waals surface area (Å²) in [5, 5.41) is 7.72. The van der Waals surface area contributed by atoms with Crippen LogP contribution in [0.15, 0.2) is 12.4 Å². The quantitative estimate of drug-likeness (QED) is 0.760. The topological polar surface area (TPSA) is 39.1 Å². The van der Waals surface area contributed by atoms with Crippen LogP contribution in [-0.4, -0.2) is 36.6 Å². The second-order valence-corrected chi connectivity index (χ2v) is 5.55. The lowest BCUT2D eigenvalue weighted by Gasteiger charge is -2.04. The second kappa shape index (κ2) is 4.78. The van der Waals surface area contributed by atoms with Gasteiger partial charge in [-0.05, 0) is 29.4 Å². The molecular weight excluding hydrogens is 214 g/mol. The molecule has 1 heterocycles. The molecule has 96 valence electrons. The zero-order chi connectivity index (χ0) is 12.5. The highest BCUT2D eigenvalue weighted by Gasteiger charge is 2.57. The van der Waals surface area contributed by atoms with Gasteiger partial charge in [-0.1, -0.05) is 13.8 Å². The van der Waals surface area contributed by atoms with Crippen LogP contribution in [0.4, 0.5) is 0 Å². The van der Waals surface area contributed by atoms with Crippen LogP contribution in [0.25, 0.3) is 0 Å². The fraction of sp³-hybridized carbons (Fsp3) is 0.769. The van der Waals surface area contributed by atoms with Gasteiger partial charge in [0.1, 0.15) is 0 Å². The summed E-state index contributed by atoms with van der Waals surface area (Å²) in [5.74, 6) is 1.36. The predicted molar refractivity (Wildman–Crippen MR) is 68.0 cm³/mol. The lowest BCUT2D eigenvalue weighted by molar-refractivity contribution is 0.198. The Bertz CT molecular complexity index is 372. The van der Waals surface area contributed by atoms with E-state index >= 15 is 0 Å². The minimum atomic E-state index is 0.392. The molecule has 0 aliphatic heterocycles. The van der Waals surface area contributed by atoms with E-state index in [1.807, 2.05) is 17.9 Å². The number of hydrogen-bond acceptors (Lipinski definition) is 3. The van der Waals surface area contributed by atoms with Crippen LogP contribution in [0.5, 0.6) is 0 Å². The highest BCUT2D eigenvalue weighted by molar-refractivity contribution is 5.28. The molecule has 1 aromatic heterocycles. The zero-order valence-corrected chi connectivity index (χ0v) is 11.2. The van der Waals surface area contributed by atoms with Crippen LogP contribution in [0.3, 0.4) is 0 Å². The Morgan fingerprint density at radius 2 is 2.29 bits per heavy atom. The van der Waals surface area contributed by atoms with Gasteiger partial charge in [-0.3, -0.25) is 4.68 Å². The molecule has 2 atom stereocenters. The third kappa shape index (κ3) is 2.53. The van der Waals surface area contributed by atoms with Gasteiger partial charge in [0, 0.05) is 26.9 Å². The summed E-state index contributed by atoms with van der Waals surface area (Å²) in [4.78, 5) is 0. The minimum Gasteiger partial charge on any atom is -0.383 e. The van der Waals surface area contributed by atoms with Gasteiger partial charge in [-0.15, -0.1) is 0 Å². The Balaban J connectivity index is 1.88. The molecule has 2 unspecified atom stereocenters. The Hall–Kier alpha value is -0.870. The smallest absolute Gasteiger partial charge is 0.0587 e. The van der Waals surface area contributed by atoms with E-state index in [1.165, 1.54) is 5.56 Å². The van der Waals surface area contributed by atoms with E-state index in [1.54, 1.807) is 7.11 Å². The van der Waals surface area contributed by atoms with Gasteiger partial charge in [-0.25, -0.2) is 0 Å². The molecule has 2 rings (SSSR count). The molecule has 0 radical (unpaired) electrons. The van der Waals surface area contributed by atoms with E-state index in [0.29, 0.717) is 17.3 Å². The minimum absolute atomic E-state index is 0.392. The Kier molecular flexibility index (Phi) is 3.54. The number of aryl methyl sites for hydroxylation is 1. The van der Waals surface area contributed by atoms with Gasteiger partial charge in [-0.2, -0.15) is 5.10 Å². The van der Waals surface area contributed by atoms with Crippen molar-refractivity contribution in [1.82, 2.24) is 15.1 Å². The molecule has 1 aromatic rings. The van der Waals surface area contributed by atoms with E-state index in [2.05, 4.69) is 30.5 Å². The molecule has 0 bridgehead atoms. The summed E-state index contributed by atoms with van der Waals surface area (Å²) in [5.41, 5.74) is 1.76. The predicted octanol–water partition coefficient (Wildman–Crippen LogP) is 1.40. The summed E-state index contributed by atoms with van der Waals surface area (Å²) in [6.45, 7) is 7.46. The average molecular weight is 237 g/mol. The molecular formula is C13H23N3O. The van der Waals surface area contributed by atoms with Gasteiger partial charge in [0.2, 0.25) is 0 Å². The summed E-state index contributed by atoms with van der Waals surface area (Å²) < 4.78 is 6.92. The first-order chi connectivity index (χ1) is 8.07. The highest BCUT2D eigenvalue weighted by atomic mass is 16.5. The Labute approximate surface area is 103 Å². The van der Waals surface area contributed by atoms with Crippen molar-refractivity contribution in [1.29, 1.82) is 0 Å². The number of rotatable bonds is 6. The van der Waals surface area contributed by atoms with Gasteiger partial charge in [0.15, 0.2) is 0 Å². The van der Waals surface area contributed by atoms with Crippen molar-refractivity contribution < 1.29 is 4.74 Å². The SMILES string of the molecule is COCCNCC1C(c2cnn(C)c2)C1(C)C. The maximum absolute atomic E-state index is 5.03. The Morgan fingerprint density at radius 3 is 2.88 bits per heavy atom. The molecule has 4 nitrogen and oxygen atoms in total. The van der Waals surface area contributed by atoms with Crippen LogP contribution < -0.4 is 5.32 Å². The fourth-order valence-corrected chi connectivity index (χ4v) is 2.82. The van der Waals surface area contributed by atoms with E-state index in [4.69, 9.17) is 4.74 Å². The normalized spacial score (nSPS) is 26.1. The maximum atomic E-state index is 5.03. The summed E-state index contributed by atoms with van der Waals surface area (Å²) >= 11 is 0. The summed E-state index contributed by atoms with van der Waals surface area (Å²) in [6.07, 6.45) is 4.14. The van der Waals surface area contributed by atoms with Crippen molar-refractivity contribution in [2.75, 3.05) is 26.8 Å². The largest absolute Gasteiger partial charge is 0.383 e. The molecule has 1 N–H and O–H groups in total. The zero-order valence-electron chi connectivity index (χ0n) is 11.2. The number of methoxy groups -OCH3 is 1. The molecule has 0 aromatic carbocycles. The maximum Gasteiger partial charge on any atom is 0.0587 e. The van der Waals surface area contributed by atoms with Crippen LogP contribution in [0, 0.1) is 11.3 Å². The average Bonchev–Trinajstić information content (AvgIpc) is 2.60. The molecule has 0 spiro atoms. The van der Waals surface area contributed by atoms with Crippen molar-refractivity contribution in [3.05, 3.63) is 18.0 Å². The first-order valence-electron chi connectivity index (χ1n) is 6.25. The van der Waals surface area contributed by atoms with Crippen LogP contribution >= 0.6 is 0 Å². The van der Waals surface area contributed by atoms with Gasteiger partial charge in [0.05, 0.1) is 12.8 Å². The molecule has 1 aliphatic carbocycles. The first-order valence-corrected chi connectivity index (χ1v) is 6.25. The Morgan fingerprint density at radius 1 is 1.53 bits per heavy atom. The van der Waals surface area contributed by atoms with Crippen LogP contribution in [0.2, 0.25) is 0 Å². The standard InChI is InChI=1S/C13H23N3O/c1-13(2)11(8-14-5-6-17-4)12(13)10-7-15-16(3)9-10/h7,9,11-12,14H,5-6,8H2,1-4H3. The number of ether oxygens (including phenoxy) is 1.